The molecule has 0 fully saturated rings. The van der Waals surface area contributed by atoms with Crippen LogP contribution in [-0.4, -0.2) is 17.3 Å². The number of hydrogen-bond acceptors (Lipinski definition) is 2. The molecular formula is C10H16N2O. The summed E-state index contributed by atoms with van der Waals surface area (Å²) in [5.74, 6) is 0.167. The summed E-state index contributed by atoms with van der Waals surface area (Å²) < 4.78 is 0. The van der Waals surface area contributed by atoms with Gasteiger partial charge in [0.05, 0.1) is 5.69 Å². The SMILES string of the molecule is CCC(=O)c1[nH]cc(CCN)c1C. The van der Waals surface area contributed by atoms with E-state index in [1.54, 1.807) is 0 Å². The van der Waals surface area contributed by atoms with Gasteiger partial charge in [-0.05, 0) is 31.0 Å². The fourth-order valence-electron chi connectivity index (χ4n) is 1.42. The lowest BCUT2D eigenvalue weighted by molar-refractivity contribution is 0.0983. The monoisotopic (exact) mass is 180 g/mol. The molecule has 3 heteroatoms. The second-order valence-corrected chi connectivity index (χ2v) is 3.13. The largest absolute Gasteiger partial charge is 0.358 e. The Balaban J connectivity index is 2.92. The van der Waals surface area contributed by atoms with E-state index in [-0.39, 0.29) is 5.78 Å². The van der Waals surface area contributed by atoms with E-state index >= 15 is 0 Å². The molecule has 0 amide bonds. The summed E-state index contributed by atoms with van der Waals surface area (Å²) in [5, 5.41) is 0. The second-order valence-electron chi connectivity index (χ2n) is 3.13. The van der Waals surface area contributed by atoms with Crippen LogP contribution in [-0.2, 0) is 6.42 Å². The molecule has 72 valence electrons. The lowest BCUT2D eigenvalue weighted by Gasteiger charge is -1.98. The van der Waals surface area contributed by atoms with Gasteiger partial charge in [0, 0.05) is 12.6 Å². The number of aromatic amines is 1. The molecule has 0 aliphatic heterocycles. The van der Waals surface area contributed by atoms with E-state index in [4.69, 9.17) is 5.73 Å². The first-order chi connectivity index (χ1) is 6.20. The zero-order valence-electron chi connectivity index (χ0n) is 8.18. The molecule has 0 aliphatic carbocycles. The predicted octanol–water partition coefficient (Wildman–Crippen LogP) is 1.42. The van der Waals surface area contributed by atoms with Gasteiger partial charge < -0.3 is 10.7 Å². The van der Waals surface area contributed by atoms with Crippen molar-refractivity contribution in [1.29, 1.82) is 0 Å². The summed E-state index contributed by atoms with van der Waals surface area (Å²) in [4.78, 5) is 14.4. The molecule has 0 aliphatic rings. The fourth-order valence-corrected chi connectivity index (χ4v) is 1.42. The molecule has 0 saturated carbocycles. The normalized spacial score (nSPS) is 10.4. The summed E-state index contributed by atoms with van der Waals surface area (Å²) >= 11 is 0. The van der Waals surface area contributed by atoms with E-state index in [9.17, 15) is 4.79 Å². The van der Waals surface area contributed by atoms with E-state index in [1.807, 2.05) is 20.0 Å². The number of carbonyl (C=O) groups excluding carboxylic acids is 1. The minimum atomic E-state index is 0.167. The minimum Gasteiger partial charge on any atom is -0.358 e. The zero-order valence-corrected chi connectivity index (χ0v) is 8.18. The first-order valence-electron chi connectivity index (χ1n) is 4.60. The summed E-state index contributed by atoms with van der Waals surface area (Å²) in [6.07, 6.45) is 3.26. The molecule has 0 spiro atoms. The molecule has 0 aromatic carbocycles. The van der Waals surface area contributed by atoms with Crippen LogP contribution in [0, 0.1) is 6.92 Å². The highest BCUT2D eigenvalue weighted by Crippen LogP contribution is 2.14. The van der Waals surface area contributed by atoms with Crippen molar-refractivity contribution in [1.82, 2.24) is 4.98 Å². The maximum Gasteiger partial charge on any atom is 0.179 e. The summed E-state index contributed by atoms with van der Waals surface area (Å²) in [5.41, 5.74) is 8.40. The minimum absolute atomic E-state index is 0.167. The van der Waals surface area contributed by atoms with Crippen molar-refractivity contribution >= 4 is 5.78 Å². The van der Waals surface area contributed by atoms with Crippen molar-refractivity contribution in [2.24, 2.45) is 5.73 Å². The van der Waals surface area contributed by atoms with Gasteiger partial charge in [-0.2, -0.15) is 0 Å². The van der Waals surface area contributed by atoms with Crippen LogP contribution in [0.25, 0.3) is 0 Å². The van der Waals surface area contributed by atoms with E-state index in [2.05, 4.69) is 4.98 Å². The van der Waals surface area contributed by atoms with Crippen LogP contribution in [0.2, 0.25) is 0 Å². The maximum absolute atomic E-state index is 11.4. The van der Waals surface area contributed by atoms with E-state index in [0.29, 0.717) is 13.0 Å². The van der Waals surface area contributed by atoms with Gasteiger partial charge in [0.2, 0.25) is 0 Å². The lowest BCUT2D eigenvalue weighted by Crippen LogP contribution is -2.04. The van der Waals surface area contributed by atoms with Gasteiger partial charge in [-0.15, -0.1) is 0 Å². The Kier molecular flexibility index (Phi) is 3.25. The maximum atomic E-state index is 11.4. The third-order valence-corrected chi connectivity index (χ3v) is 2.26. The molecule has 0 unspecified atom stereocenters. The van der Waals surface area contributed by atoms with Crippen molar-refractivity contribution in [2.75, 3.05) is 6.54 Å². The van der Waals surface area contributed by atoms with Crippen LogP contribution in [0.15, 0.2) is 6.20 Å². The van der Waals surface area contributed by atoms with Crippen molar-refractivity contribution in [3.8, 4) is 0 Å². The zero-order chi connectivity index (χ0) is 9.84. The number of rotatable bonds is 4. The first kappa shape index (κ1) is 9.99. The predicted molar refractivity (Wildman–Crippen MR) is 52.9 cm³/mol. The van der Waals surface area contributed by atoms with Crippen LogP contribution in [0.4, 0.5) is 0 Å². The van der Waals surface area contributed by atoms with Crippen molar-refractivity contribution in [3.05, 3.63) is 23.0 Å². The van der Waals surface area contributed by atoms with Gasteiger partial charge in [-0.25, -0.2) is 0 Å². The molecule has 0 saturated heterocycles. The number of aromatic nitrogens is 1. The van der Waals surface area contributed by atoms with Crippen LogP contribution < -0.4 is 5.73 Å². The fraction of sp³-hybridized carbons (Fsp3) is 0.500. The molecular weight excluding hydrogens is 164 g/mol. The molecule has 0 bridgehead atoms. The molecule has 13 heavy (non-hydrogen) atoms. The van der Waals surface area contributed by atoms with Crippen molar-refractivity contribution < 1.29 is 4.79 Å². The average molecular weight is 180 g/mol. The van der Waals surface area contributed by atoms with Crippen LogP contribution >= 0.6 is 0 Å². The Hall–Kier alpha value is -1.09. The Morgan fingerprint density at radius 3 is 2.85 bits per heavy atom. The highest BCUT2D eigenvalue weighted by molar-refractivity contribution is 5.95. The highest BCUT2D eigenvalue weighted by atomic mass is 16.1. The topological polar surface area (TPSA) is 58.9 Å². The van der Waals surface area contributed by atoms with Crippen LogP contribution in [0.1, 0.15) is 35.0 Å². The molecule has 0 radical (unpaired) electrons. The number of nitrogens with two attached hydrogens (primary N) is 1. The number of Topliss-reactive ketones (excluding diaryl/α,β-unsaturated/α-hetero) is 1. The number of H-pyrrole nitrogens is 1. The number of nitrogens with one attached hydrogen (secondary N) is 1. The Bertz CT molecular complexity index is 302. The third kappa shape index (κ3) is 1.98. The quantitative estimate of drug-likeness (QED) is 0.688. The Morgan fingerprint density at radius 1 is 1.62 bits per heavy atom. The van der Waals surface area contributed by atoms with Gasteiger partial charge in [-0.3, -0.25) is 4.79 Å². The van der Waals surface area contributed by atoms with Gasteiger partial charge >= 0.3 is 0 Å². The van der Waals surface area contributed by atoms with E-state index in [0.717, 1.165) is 23.2 Å². The van der Waals surface area contributed by atoms with Gasteiger partial charge in [0.1, 0.15) is 0 Å². The molecule has 0 atom stereocenters. The Morgan fingerprint density at radius 2 is 2.31 bits per heavy atom. The second kappa shape index (κ2) is 4.23. The molecule has 3 nitrogen and oxygen atoms in total. The molecule has 1 heterocycles. The molecule has 3 N–H and O–H groups in total. The first-order valence-corrected chi connectivity index (χ1v) is 4.60. The summed E-state index contributed by atoms with van der Waals surface area (Å²) in [6.45, 7) is 4.45. The number of carbonyl (C=O) groups is 1. The summed E-state index contributed by atoms with van der Waals surface area (Å²) in [6, 6.07) is 0. The van der Waals surface area contributed by atoms with Gasteiger partial charge in [-0.1, -0.05) is 6.92 Å². The lowest BCUT2D eigenvalue weighted by atomic mass is 10.1. The number of ketones is 1. The molecule has 1 aromatic heterocycles. The van der Waals surface area contributed by atoms with E-state index < -0.39 is 0 Å². The van der Waals surface area contributed by atoms with Gasteiger partial charge in [0.25, 0.3) is 0 Å². The van der Waals surface area contributed by atoms with Crippen molar-refractivity contribution in [3.63, 3.8) is 0 Å². The summed E-state index contributed by atoms with van der Waals surface area (Å²) in [7, 11) is 0. The van der Waals surface area contributed by atoms with E-state index in [1.165, 1.54) is 0 Å². The molecule has 1 aromatic rings. The molecule has 1 rings (SSSR count). The average Bonchev–Trinajstić information content (AvgIpc) is 2.48. The highest BCUT2D eigenvalue weighted by Gasteiger charge is 2.11. The van der Waals surface area contributed by atoms with Crippen LogP contribution in [0.5, 0.6) is 0 Å². The van der Waals surface area contributed by atoms with Crippen molar-refractivity contribution in [2.45, 2.75) is 26.7 Å². The van der Waals surface area contributed by atoms with Gasteiger partial charge in [0.15, 0.2) is 5.78 Å². The van der Waals surface area contributed by atoms with Crippen LogP contribution in [0.3, 0.4) is 0 Å². The third-order valence-electron chi connectivity index (χ3n) is 2.26. The number of hydrogen-bond donors (Lipinski definition) is 2. The standard InChI is InChI=1S/C10H16N2O/c1-3-9(13)10-7(2)8(4-5-11)6-12-10/h6,12H,3-5,11H2,1-2H3. The Labute approximate surface area is 78.3 Å². The smallest absolute Gasteiger partial charge is 0.179 e.